The number of hydrogen-bond donors (Lipinski definition) is 1. The van der Waals surface area contributed by atoms with Gasteiger partial charge in [-0.25, -0.2) is 4.98 Å². The zero-order valence-electron chi connectivity index (χ0n) is 14.0. The summed E-state index contributed by atoms with van der Waals surface area (Å²) in [6.07, 6.45) is 1.53. The number of carbonyl (C=O) groups excluding carboxylic acids is 1. The topological polar surface area (TPSA) is 56.2 Å². The first kappa shape index (κ1) is 17.3. The summed E-state index contributed by atoms with van der Waals surface area (Å²) in [6.45, 7) is 3.27. The van der Waals surface area contributed by atoms with Gasteiger partial charge < -0.3 is 14.6 Å². The molecule has 5 nitrogen and oxygen atoms in total. The summed E-state index contributed by atoms with van der Waals surface area (Å²) in [7, 11) is 0. The summed E-state index contributed by atoms with van der Waals surface area (Å²) in [5.74, 6) is 1.65. The Morgan fingerprint density at radius 3 is 2.76 bits per heavy atom. The molecule has 2 aromatic carbocycles. The van der Waals surface area contributed by atoms with Gasteiger partial charge >= 0.3 is 0 Å². The number of nitrogens with zero attached hydrogens (tertiary/aromatic N) is 2. The van der Waals surface area contributed by atoms with Crippen LogP contribution in [0.4, 0.5) is 0 Å². The smallest absolute Gasteiger partial charge is 0.207 e. The highest BCUT2D eigenvalue weighted by Gasteiger charge is 2.15. The average molecular weight is 358 g/mol. The molecule has 6 heteroatoms. The average Bonchev–Trinajstić information content (AvgIpc) is 2.99. The second-order valence-electron chi connectivity index (χ2n) is 5.77. The standard InChI is InChI=1S/C19H20ClN3O2/c1-14(21-13-24)19-22-17-5-2-3-6-18(17)23(19)11-4-12-25-16-9-7-15(20)8-10-16/h2-3,5-10,13-14H,4,11-12H2,1H3,(H,21,24). The van der Waals surface area contributed by atoms with Gasteiger partial charge in [0.25, 0.3) is 0 Å². The zero-order chi connectivity index (χ0) is 17.6. The van der Waals surface area contributed by atoms with Crippen molar-refractivity contribution in [3.05, 3.63) is 59.4 Å². The second kappa shape index (κ2) is 8.03. The lowest BCUT2D eigenvalue weighted by Gasteiger charge is -2.14. The first-order chi connectivity index (χ1) is 12.2. The van der Waals surface area contributed by atoms with Crippen molar-refractivity contribution in [1.82, 2.24) is 14.9 Å². The number of carbonyl (C=O) groups is 1. The van der Waals surface area contributed by atoms with E-state index in [4.69, 9.17) is 16.3 Å². The van der Waals surface area contributed by atoms with Crippen molar-refractivity contribution in [2.45, 2.75) is 25.9 Å². The summed E-state index contributed by atoms with van der Waals surface area (Å²) in [5, 5.41) is 3.47. The Morgan fingerprint density at radius 1 is 1.24 bits per heavy atom. The van der Waals surface area contributed by atoms with Gasteiger partial charge in [0.2, 0.25) is 6.41 Å². The third-order valence-corrected chi connectivity index (χ3v) is 4.25. The molecule has 25 heavy (non-hydrogen) atoms. The van der Waals surface area contributed by atoms with E-state index in [2.05, 4.69) is 14.9 Å². The van der Waals surface area contributed by atoms with Gasteiger partial charge in [-0.05, 0) is 49.7 Å². The highest BCUT2D eigenvalue weighted by Crippen LogP contribution is 2.21. The lowest BCUT2D eigenvalue weighted by Crippen LogP contribution is -2.21. The molecule has 0 saturated heterocycles. The number of nitrogens with one attached hydrogen (secondary N) is 1. The zero-order valence-corrected chi connectivity index (χ0v) is 14.7. The summed E-state index contributed by atoms with van der Waals surface area (Å²) >= 11 is 5.87. The summed E-state index contributed by atoms with van der Waals surface area (Å²) in [4.78, 5) is 15.4. The third kappa shape index (κ3) is 4.12. The van der Waals surface area contributed by atoms with Crippen LogP contribution in [0.3, 0.4) is 0 Å². The Labute approximate surface area is 151 Å². The number of imidazole rings is 1. The fourth-order valence-electron chi connectivity index (χ4n) is 2.78. The summed E-state index contributed by atoms with van der Waals surface area (Å²) < 4.78 is 7.90. The molecule has 0 spiro atoms. The van der Waals surface area contributed by atoms with Crippen LogP contribution >= 0.6 is 11.6 Å². The molecule has 0 bridgehead atoms. The van der Waals surface area contributed by atoms with E-state index < -0.39 is 0 Å². The van der Waals surface area contributed by atoms with E-state index in [0.717, 1.165) is 35.6 Å². The Kier molecular flexibility index (Phi) is 5.56. The number of amides is 1. The molecule has 3 rings (SSSR count). The third-order valence-electron chi connectivity index (χ3n) is 4.00. The van der Waals surface area contributed by atoms with Gasteiger partial charge in [0, 0.05) is 11.6 Å². The van der Waals surface area contributed by atoms with Crippen LogP contribution in [0.25, 0.3) is 11.0 Å². The molecule has 1 unspecified atom stereocenters. The molecule has 1 heterocycles. The van der Waals surface area contributed by atoms with Gasteiger partial charge in [-0.3, -0.25) is 4.79 Å². The summed E-state index contributed by atoms with van der Waals surface area (Å²) in [6, 6.07) is 15.2. The number of aryl methyl sites for hydroxylation is 1. The number of halogens is 1. The lowest BCUT2D eigenvalue weighted by molar-refractivity contribution is -0.110. The van der Waals surface area contributed by atoms with E-state index in [-0.39, 0.29) is 6.04 Å². The maximum absolute atomic E-state index is 10.8. The maximum atomic E-state index is 10.8. The Hall–Kier alpha value is -2.53. The highest BCUT2D eigenvalue weighted by atomic mass is 35.5. The molecule has 0 aliphatic carbocycles. The van der Waals surface area contributed by atoms with Gasteiger partial charge in [0.1, 0.15) is 11.6 Å². The first-order valence-corrected chi connectivity index (χ1v) is 8.60. The van der Waals surface area contributed by atoms with Crippen molar-refractivity contribution >= 4 is 29.0 Å². The van der Waals surface area contributed by atoms with E-state index in [9.17, 15) is 4.79 Å². The predicted octanol–water partition coefficient (Wildman–Crippen LogP) is 3.97. The van der Waals surface area contributed by atoms with Gasteiger partial charge in [0.05, 0.1) is 23.7 Å². The van der Waals surface area contributed by atoms with Crippen molar-refractivity contribution in [2.24, 2.45) is 0 Å². The number of para-hydroxylation sites is 2. The maximum Gasteiger partial charge on any atom is 0.207 e. The van der Waals surface area contributed by atoms with Crippen molar-refractivity contribution in [2.75, 3.05) is 6.61 Å². The molecule has 1 atom stereocenters. The minimum atomic E-state index is -0.151. The van der Waals surface area contributed by atoms with E-state index in [1.54, 1.807) is 0 Å². The van der Waals surface area contributed by atoms with Crippen LogP contribution in [0.5, 0.6) is 5.75 Å². The van der Waals surface area contributed by atoms with Crippen molar-refractivity contribution in [3.8, 4) is 5.75 Å². The van der Waals surface area contributed by atoms with Crippen LogP contribution in [0.1, 0.15) is 25.2 Å². The molecule has 130 valence electrons. The minimum Gasteiger partial charge on any atom is -0.494 e. The molecule has 1 aromatic heterocycles. The van der Waals surface area contributed by atoms with Crippen molar-refractivity contribution in [1.29, 1.82) is 0 Å². The van der Waals surface area contributed by atoms with Gasteiger partial charge in [0.15, 0.2) is 0 Å². The fraction of sp³-hybridized carbons (Fsp3) is 0.263. The number of hydrogen-bond acceptors (Lipinski definition) is 3. The quantitative estimate of drug-likeness (QED) is 0.490. The number of aromatic nitrogens is 2. The molecule has 1 N–H and O–H groups in total. The Bertz CT molecular complexity index is 846. The molecule has 0 saturated carbocycles. The van der Waals surface area contributed by atoms with Crippen LogP contribution in [0, 0.1) is 0 Å². The van der Waals surface area contributed by atoms with Crippen LogP contribution in [-0.4, -0.2) is 22.6 Å². The molecule has 0 radical (unpaired) electrons. The SMILES string of the molecule is CC(NC=O)c1nc2ccccc2n1CCCOc1ccc(Cl)cc1. The number of benzene rings is 2. The van der Waals surface area contributed by atoms with Crippen molar-refractivity contribution < 1.29 is 9.53 Å². The van der Waals surface area contributed by atoms with E-state index in [0.29, 0.717) is 18.0 Å². The second-order valence-corrected chi connectivity index (χ2v) is 6.21. The van der Waals surface area contributed by atoms with E-state index in [1.165, 1.54) is 0 Å². The number of ether oxygens (including phenoxy) is 1. The molecule has 3 aromatic rings. The monoisotopic (exact) mass is 357 g/mol. The molecule has 1 amide bonds. The van der Waals surface area contributed by atoms with Crippen LogP contribution in [0.15, 0.2) is 48.5 Å². The van der Waals surface area contributed by atoms with Crippen molar-refractivity contribution in [3.63, 3.8) is 0 Å². The first-order valence-electron chi connectivity index (χ1n) is 8.22. The van der Waals surface area contributed by atoms with E-state index in [1.807, 2.05) is 55.5 Å². The highest BCUT2D eigenvalue weighted by molar-refractivity contribution is 6.30. The molecule has 0 aliphatic rings. The molecular formula is C19H20ClN3O2. The van der Waals surface area contributed by atoms with Gasteiger partial charge in [-0.15, -0.1) is 0 Å². The van der Waals surface area contributed by atoms with E-state index >= 15 is 0 Å². The fourth-order valence-corrected chi connectivity index (χ4v) is 2.91. The predicted molar refractivity (Wildman–Crippen MR) is 98.9 cm³/mol. The summed E-state index contributed by atoms with van der Waals surface area (Å²) in [5.41, 5.74) is 1.99. The largest absolute Gasteiger partial charge is 0.494 e. The normalized spacial score (nSPS) is 12.1. The number of rotatable bonds is 8. The number of fused-ring (bicyclic) bond motifs is 1. The van der Waals surface area contributed by atoms with Crippen LogP contribution in [0.2, 0.25) is 5.02 Å². The van der Waals surface area contributed by atoms with Gasteiger partial charge in [-0.1, -0.05) is 23.7 Å². The van der Waals surface area contributed by atoms with Crippen LogP contribution in [-0.2, 0) is 11.3 Å². The Balaban J connectivity index is 1.70. The lowest BCUT2D eigenvalue weighted by atomic mass is 10.3. The van der Waals surface area contributed by atoms with Crippen LogP contribution < -0.4 is 10.1 Å². The Morgan fingerprint density at radius 2 is 2.00 bits per heavy atom. The molecular weight excluding hydrogens is 338 g/mol. The molecule has 0 fully saturated rings. The van der Waals surface area contributed by atoms with Gasteiger partial charge in [-0.2, -0.15) is 0 Å². The minimum absolute atomic E-state index is 0.151. The molecule has 0 aliphatic heterocycles.